The van der Waals surface area contributed by atoms with E-state index < -0.39 is 0 Å². The van der Waals surface area contributed by atoms with Crippen LogP contribution in [0.1, 0.15) is 48.3 Å². The molecule has 2 aromatic rings. The second-order valence-electron chi connectivity index (χ2n) is 5.23. The van der Waals surface area contributed by atoms with Gasteiger partial charge >= 0.3 is 0 Å². The molecule has 0 saturated heterocycles. The van der Waals surface area contributed by atoms with Crippen molar-refractivity contribution in [2.24, 2.45) is 0 Å². The van der Waals surface area contributed by atoms with Crippen LogP contribution >= 0.6 is 0 Å². The molecule has 104 valence electrons. The summed E-state index contributed by atoms with van der Waals surface area (Å²) in [6.07, 6.45) is 1.59. The lowest BCUT2D eigenvalue weighted by Crippen LogP contribution is -1.98. The van der Waals surface area contributed by atoms with Crippen molar-refractivity contribution in [1.82, 2.24) is 4.98 Å². The number of pyridine rings is 1. The van der Waals surface area contributed by atoms with Crippen molar-refractivity contribution >= 4 is 5.78 Å². The molecule has 0 fully saturated rings. The summed E-state index contributed by atoms with van der Waals surface area (Å²) in [6, 6.07) is 9.65. The van der Waals surface area contributed by atoms with Crippen LogP contribution in [-0.4, -0.2) is 10.8 Å². The first-order chi connectivity index (χ1) is 9.47. The van der Waals surface area contributed by atoms with Gasteiger partial charge in [0.05, 0.1) is 6.20 Å². The van der Waals surface area contributed by atoms with Gasteiger partial charge in [0.2, 0.25) is 0 Å². The third-order valence-corrected chi connectivity index (χ3v) is 3.12. The van der Waals surface area contributed by atoms with Crippen molar-refractivity contribution in [3.8, 4) is 11.5 Å². The van der Waals surface area contributed by atoms with Crippen LogP contribution in [0.3, 0.4) is 0 Å². The topological polar surface area (TPSA) is 39.2 Å². The number of hydrogen-bond acceptors (Lipinski definition) is 3. The van der Waals surface area contributed by atoms with E-state index in [1.807, 2.05) is 13.0 Å². The predicted octanol–water partition coefficient (Wildman–Crippen LogP) is 4.51. The maximum atomic E-state index is 11.2. The number of ketones is 1. The molecule has 1 heterocycles. The molecule has 1 aromatic carbocycles. The lowest BCUT2D eigenvalue weighted by atomic mass is 10.0. The highest BCUT2D eigenvalue weighted by atomic mass is 16.5. The quantitative estimate of drug-likeness (QED) is 0.767. The van der Waals surface area contributed by atoms with E-state index in [4.69, 9.17) is 4.74 Å². The number of ether oxygens (including phenoxy) is 1. The summed E-state index contributed by atoms with van der Waals surface area (Å²) in [5.41, 5.74) is 2.76. The van der Waals surface area contributed by atoms with Crippen LogP contribution in [0, 0.1) is 6.92 Å². The van der Waals surface area contributed by atoms with Gasteiger partial charge in [0, 0.05) is 6.92 Å². The molecule has 1 aromatic heterocycles. The molecular weight excluding hydrogens is 250 g/mol. The van der Waals surface area contributed by atoms with E-state index in [1.54, 1.807) is 18.3 Å². The summed E-state index contributed by atoms with van der Waals surface area (Å²) >= 11 is 0. The van der Waals surface area contributed by atoms with E-state index >= 15 is 0 Å². The van der Waals surface area contributed by atoms with Gasteiger partial charge in [-0.15, -0.1) is 0 Å². The van der Waals surface area contributed by atoms with Gasteiger partial charge in [-0.1, -0.05) is 26.0 Å². The Bertz CT molecular complexity index is 615. The predicted molar refractivity (Wildman–Crippen MR) is 79.6 cm³/mol. The Morgan fingerprint density at radius 2 is 1.95 bits per heavy atom. The number of aryl methyl sites for hydroxylation is 1. The molecule has 0 saturated carbocycles. The molecule has 0 bridgehead atoms. The molecule has 0 atom stereocenters. The van der Waals surface area contributed by atoms with E-state index in [-0.39, 0.29) is 5.78 Å². The third kappa shape index (κ3) is 3.23. The molecule has 3 heteroatoms. The summed E-state index contributed by atoms with van der Waals surface area (Å²) in [4.78, 5) is 15.3. The van der Waals surface area contributed by atoms with E-state index in [0.717, 1.165) is 16.9 Å². The fourth-order valence-corrected chi connectivity index (χ4v) is 1.98. The second-order valence-corrected chi connectivity index (χ2v) is 5.23. The molecule has 0 spiro atoms. The summed E-state index contributed by atoms with van der Waals surface area (Å²) in [6.45, 7) is 7.80. The first kappa shape index (κ1) is 14.3. The van der Waals surface area contributed by atoms with Gasteiger partial charge in [-0.3, -0.25) is 4.79 Å². The normalized spacial score (nSPS) is 10.7. The van der Waals surface area contributed by atoms with Crippen LogP contribution in [0.4, 0.5) is 0 Å². The van der Waals surface area contributed by atoms with E-state index in [0.29, 0.717) is 17.4 Å². The largest absolute Gasteiger partial charge is 0.455 e. The van der Waals surface area contributed by atoms with Crippen LogP contribution < -0.4 is 4.74 Å². The zero-order valence-corrected chi connectivity index (χ0v) is 12.3. The SMILES string of the molecule is CC(=O)c1ccc(Oc2cc(C)ccc2C(C)C)cn1. The molecule has 0 radical (unpaired) electrons. The number of carbonyl (C=O) groups is 1. The van der Waals surface area contributed by atoms with E-state index in [2.05, 4.69) is 31.0 Å². The van der Waals surface area contributed by atoms with Crippen LogP contribution in [0.15, 0.2) is 36.5 Å². The Morgan fingerprint density at radius 3 is 2.50 bits per heavy atom. The number of carbonyl (C=O) groups excluding carboxylic acids is 1. The van der Waals surface area contributed by atoms with Crippen molar-refractivity contribution in [2.45, 2.75) is 33.6 Å². The standard InChI is InChI=1S/C17H19NO2/c1-11(2)15-7-5-12(3)9-17(15)20-14-6-8-16(13(4)19)18-10-14/h5-11H,1-4H3. The van der Waals surface area contributed by atoms with Gasteiger partial charge in [0.15, 0.2) is 5.78 Å². The lowest BCUT2D eigenvalue weighted by Gasteiger charge is -2.14. The Balaban J connectivity index is 2.29. The number of hydrogen-bond donors (Lipinski definition) is 0. The maximum absolute atomic E-state index is 11.2. The van der Waals surface area contributed by atoms with E-state index in [9.17, 15) is 4.79 Å². The highest BCUT2D eigenvalue weighted by molar-refractivity contribution is 5.92. The minimum absolute atomic E-state index is 0.0463. The highest BCUT2D eigenvalue weighted by Crippen LogP contribution is 2.31. The van der Waals surface area contributed by atoms with E-state index in [1.165, 1.54) is 6.92 Å². The molecule has 20 heavy (non-hydrogen) atoms. The van der Waals surface area contributed by atoms with Crippen LogP contribution in [-0.2, 0) is 0 Å². The fraction of sp³-hybridized carbons (Fsp3) is 0.294. The molecule has 0 amide bonds. The Labute approximate surface area is 119 Å². The summed E-state index contributed by atoms with van der Waals surface area (Å²) < 4.78 is 5.91. The van der Waals surface area contributed by atoms with Crippen molar-refractivity contribution in [2.75, 3.05) is 0 Å². The van der Waals surface area contributed by atoms with Crippen LogP contribution in [0.25, 0.3) is 0 Å². The van der Waals surface area contributed by atoms with Crippen LogP contribution in [0.5, 0.6) is 11.5 Å². The fourth-order valence-electron chi connectivity index (χ4n) is 1.98. The summed E-state index contributed by atoms with van der Waals surface area (Å²) in [5, 5.41) is 0. The lowest BCUT2D eigenvalue weighted by molar-refractivity contribution is 0.101. The number of nitrogens with zero attached hydrogens (tertiary/aromatic N) is 1. The molecule has 0 aliphatic heterocycles. The molecule has 2 rings (SSSR count). The first-order valence-corrected chi connectivity index (χ1v) is 6.72. The Hall–Kier alpha value is -2.16. The van der Waals surface area contributed by atoms with Crippen molar-refractivity contribution in [3.05, 3.63) is 53.3 Å². The zero-order chi connectivity index (χ0) is 14.7. The first-order valence-electron chi connectivity index (χ1n) is 6.72. The van der Waals surface area contributed by atoms with Crippen molar-refractivity contribution in [3.63, 3.8) is 0 Å². The monoisotopic (exact) mass is 269 g/mol. The van der Waals surface area contributed by atoms with Crippen molar-refractivity contribution < 1.29 is 9.53 Å². The Kier molecular flexibility index (Phi) is 4.18. The summed E-state index contributed by atoms with van der Waals surface area (Å²) in [5.74, 6) is 1.82. The van der Waals surface area contributed by atoms with Crippen molar-refractivity contribution in [1.29, 1.82) is 0 Å². The van der Waals surface area contributed by atoms with Gasteiger partial charge in [0.1, 0.15) is 17.2 Å². The smallest absolute Gasteiger partial charge is 0.178 e. The van der Waals surface area contributed by atoms with Gasteiger partial charge in [-0.25, -0.2) is 4.98 Å². The zero-order valence-electron chi connectivity index (χ0n) is 12.3. The average molecular weight is 269 g/mol. The minimum Gasteiger partial charge on any atom is -0.455 e. The molecule has 0 N–H and O–H groups in total. The number of benzene rings is 1. The number of rotatable bonds is 4. The molecule has 3 nitrogen and oxygen atoms in total. The summed E-state index contributed by atoms with van der Waals surface area (Å²) in [7, 11) is 0. The average Bonchev–Trinajstić information content (AvgIpc) is 2.39. The van der Waals surface area contributed by atoms with Gasteiger partial charge in [-0.2, -0.15) is 0 Å². The van der Waals surface area contributed by atoms with Gasteiger partial charge in [0.25, 0.3) is 0 Å². The minimum atomic E-state index is -0.0463. The van der Waals surface area contributed by atoms with Gasteiger partial charge < -0.3 is 4.74 Å². The molecule has 0 unspecified atom stereocenters. The van der Waals surface area contributed by atoms with Gasteiger partial charge in [-0.05, 0) is 42.2 Å². The number of aromatic nitrogens is 1. The third-order valence-electron chi connectivity index (χ3n) is 3.12. The number of Topliss-reactive ketones (excluding diaryl/α,β-unsaturated/α-hetero) is 1. The van der Waals surface area contributed by atoms with Crippen LogP contribution in [0.2, 0.25) is 0 Å². The molecule has 0 aliphatic carbocycles. The molecular formula is C17H19NO2. The second kappa shape index (κ2) is 5.87. The Morgan fingerprint density at radius 1 is 1.20 bits per heavy atom. The maximum Gasteiger partial charge on any atom is 0.178 e. The molecule has 0 aliphatic rings. The highest BCUT2D eigenvalue weighted by Gasteiger charge is 2.09.